The van der Waals surface area contributed by atoms with Crippen molar-refractivity contribution < 1.29 is 43.6 Å². The minimum absolute atomic E-state index is 0.118. The maximum atomic E-state index is 11.9. The number of anilines is 1. The molecule has 2 aromatic rings. The average Bonchev–Trinajstić information content (AvgIpc) is 3.28. The first kappa shape index (κ1) is 24.0. The highest BCUT2D eigenvalue weighted by Gasteiger charge is 2.45. The molecular formula is C16H23N6O9P. The molecule has 5 atom stereocenters. The summed E-state index contributed by atoms with van der Waals surface area (Å²) in [6.45, 7) is 1.58. The predicted octanol–water partition coefficient (Wildman–Crippen LogP) is -0.736. The molecule has 2 unspecified atom stereocenters. The molecule has 1 fully saturated rings. The fraction of sp³-hybridized carbons (Fsp3) is 0.562. The molecule has 0 saturated carbocycles. The zero-order valence-corrected chi connectivity index (χ0v) is 17.8. The Labute approximate surface area is 180 Å². The van der Waals surface area contributed by atoms with Gasteiger partial charge in [0.05, 0.1) is 25.5 Å². The number of rotatable bonds is 9. The lowest BCUT2D eigenvalue weighted by Crippen LogP contribution is -2.33. The van der Waals surface area contributed by atoms with Crippen LogP contribution in [-0.4, -0.2) is 89.4 Å². The number of fused-ring (bicyclic) bond motifs is 1. The number of carbonyl (C=O) groups excluding carboxylic acids is 1. The smallest absolute Gasteiger partial charge is 0.328 e. The minimum Gasteiger partial charge on any atom is -0.481 e. The van der Waals surface area contributed by atoms with Crippen molar-refractivity contribution in [1.82, 2.24) is 24.8 Å². The standard InChI is InChI=1S/C16H23N6O9P/c1-2-17-16(27)21-13-10-14(19-6-18-13)22(7-20-10)15-12(26)11(25)8(31-15)5-30-32(28,29)4-3-9(23)24/h6-8,11-12,15,25-26H,2-5H2,1H3,(H,23,24)(H,28,29)(H2,17,18,19,21,27)/t8-,11?,12+,15-/m1/s1. The Morgan fingerprint density at radius 2 is 2.03 bits per heavy atom. The Balaban J connectivity index is 1.74. The molecule has 0 aromatic carbocycles. The molecule has 3 heterocycles. The highest BCUT2D eigenvalue weighted by atomic mass is 31.2. The Bertz CT molecular complexity index is 1030. The van der Waals surface area contributed by atoms with Gasteiger partial charge in [-0.3, -0.25) is 19.2 Å². The number of carbonyl (C=O) groups is 2. The fourth-order valence-electron chi connectivity index (χ4n) is 3.03. The quantitative estimate of drug-likeness (QED) is 0.248. The second-order valence-corrected chi connectivity index (χ2v) is 8.86. The van der Waals surface area contributed by atoms with Crippen LogP contribution in [0.5, 0.6) is 0 Å². The number of hydrogen-bond donors (Lipinski definition) is 6. The summed E-state index contributed by atoms with van der Waals surface area (Å²) in [4.78, 5) is 44.3. The average molecular weight is 474 g/mol. The summed E-state index contributed by atoms with van der Waals surface area (Å²) in [6, 6.07) is -0.497. The number of carboxylic acid groups (broad SMARTS) is 1. The zero-order valence-electron chi connectivity index (χ0n) is 16.9. The van der Waals surface area contributed by atoms with E-state index in [0.717, 1.165) is 0 Å². The van der Waals surface area contributed by atoms with E-state index in [1.807, 2.05) is 0 Å². The van der Waals surface area contributed by atoms with Crippen LogP contribution >= 0.6 is 7.60 Å². The molecule has 0 radical (unpaired) electrons. The molecule has 3 rings (SSSR count). The number of aliphatic hydroxyl groups is 2. The van der Waals surface area contributed by atoms with E-state index in [-0.39, 0.29) is 17.0 Å². The van der Waals surface area contributed by atoms with Gasteiger partial charge >= 0.3 is 19.6 Å². The van der Waals surface area contributed by atoms with Gasteiger partial charge in [0.1, 0.15) is 24.6 Å². The molecule has 1 aliphatic heterocycles. The summed E-state index contributed by atoms with van der Waals surface area (Å²) in [5, 5.41) is 34.4. The van der Waals surface area contributed by atoms with Crippen LogP contribution in [0.15, 0.2) is 12.7 Å². The van der Waals surface area contributed by atoms with E-state index in [1.165, 1.54) is 17.2 Å². The number of carboxylic acids is 1. The molecular weight excluding hydrogens is 451 g/mol. The van der Waals surface area contributed by atoms with Crippen LogP contribution in [0.25, 0.3) is 11.2 Å². The highest BCUT2D eigenvalue weighted by molar-refractivity contribution is 7.52. The third kappa shape index (κ3) is 5.38. The van der Waals surface area contributed by atoms with Crippen LogP contribution in [0.1, 0.15) is 19.6 Å². The van der Waals surface area contributed by atoms with Crippen molar-refractivity contribution in [1.29, 1.82) is 0 Å². The number of nitrogens with one attached hydrogen (secondary N) is 2. The van der Waals surface area contributed by atoms with Crippen LogP contribution in [0, 0.1) is 0 Å². The van der Waals surface area contributed by atoms with Crippen LogP contribution in [-0.2, 0) is 18.6 Å². The molecule has 2 amide bonds. The summed E-state index contributed by atoms with van der Waals surface area (Å²) in [5.41, 5.74) is 0.399. The number of urea groups is 1. The Morgan fingerprint density at radius 1 is 1.28 bits per heavy atom. The van der Waals surface area contributed by atoms with E-state index < -0.39 is 63.3 Å². The van der Waals surface area contributed by atoms with Gasteiger partial charge in [-0.2, -0.15) is 0 Å². The van der Waals surface area contributed by atoms with Crippen molar-refractivity contribution in [3.8, 4) is 0 Å². The molecule has 6 N–H and O–H groups in total. The van der Waals surface area contributed by atoms with E-state index in [2.05, 4.69) is 25.6 Å². The first-order chi connectivity index (χ1) is 15.1. The van der Waals surface area contributed by atoms with Gasteiger partial charge in [-0.1, -0.05) is 0 Å². The number of aromatic nitrogens is 4. The van der Waals surface area contributed by atoms with Gasteiger partial charge in [0, 0.05) is 6.54 Å². The van der Waals surface area contributed by atoms with Gasteiger partial charge in [-0.15, -0.1) is 0 Å². The Hall–Kier alpha value is -2.68. The predicted molar refractivity (Wildman–Crippen MR) is 107 cm³/mol. The first-order valence-corrected chi connectivity index (χ1v) is 11.3. The summed E-state index contributed by atoms with van der Waals surface area (Å²) >= 11 is 0. The number of aliphatic hydroxyl groups excluding tert-OH is 2. The number of imidazole rings is 1. The van der Waals surface area contributed by atoms with Gasteiger partial charge in [0.25, 0.3) is 0 Å². The van der Waals surface area contributed by atoms with Gasteiger partial charge < -0.3 is 34.8 Å². The second kappa shape index (κ2) is 9.85. The van der Waals surface area contributed by atoms with Gasteiger partial charge in [0.2, 0.25) is 0 Å². The molecule has 16 heteroatoms. The lowest BCUT2D eigenvalue weighted by atomic mass is 10.1. The molecule has 32 heavy (non-hydrogen) atoms. The lowest BCUT2D eigenvalue weighted by Gasteiger charge is -2.17. The van der Waals surface area contributed by atoms with Crippen molar-refractivity contribution in [2.75, 3.05) is 24.6 Å². The van der Waals surface area contributed by atoms with Crippen molar-refractivity contribution in [3.05, 3.63) is 12.7 Å². The van der Waals surface area contributed by atoms with Gasteiger partial charge in [0.15, 0.2) is 23.2 Å². The molecule has 1 saturated heterocycles. The van der Waals surface area contributed by atoms with Crippen molar-refractivity contribution in [2.24, 2.45) is 0 Å². The summed E-state index contributed by atoms with van der Waals surface area (Å²) in [6.07, 6.45) is -4.04. The van der Waals surface area contributed by atoms with Crippen LogP contribution in [0.2, 0.25) is 0 Å². The largest absolute Gasteiger partial charge is 0.481 e. The molecule has 15 nitrogen and oxygen atoms in total. The third-order valence-corrected chi connectivity index (χ3v) is 5.93. The Morgan fingerprint density at radius 3 is 2.72 bits per heavy atom. The SMILES string of the molecule is CCNC(=O)Nc1ncnc2c1ncn2[C@@H]1O[C@H](COP(=O)(O)CCC(=O)O)C(O)[C@@H]1O. The van der Waals surface area contributed by atoms with Crippen LogP contribution in [0.3, 0.4) is 0 Å². The minimum atomic E-state index is -4.23. The van der Waals surface area contributed by atoms with Crippen molar-refractivity contribution in [3.63, 3.8) is 0 Å². The molecule has 0 aliphatic carbocycles. The fourth-order valence-corrected chi connectivity index (χ4v) is 4.01. The van der Waals surface area contributed by atoms with Crippen LogP contribution < -0.4 is 10.6 Å². The van der Waals surface area contributed by atoms with Crippen molar-refractivity contribution in [2.45, 2.75) is 37.9 Å². The maximum Gasteiger partial charge on any atom is 0.328 e. The Kier molecular flexibility index (Phi) is 7.38. The first-order valence-electron chi connectivity index (χ1n) is 9.55. The zero-order chi connectivity index (χ0) is 23.5. The van der Waals surface area contributed by atoms with E-state index in [0.29, 0.717) is 6.54 Å². The molecule has 2 aromatic heterocycles. The van der Waals surface area contributed by atoms with Crippen LogP contribution in [0.4, 0.5) is 10.6 Å². The molecule has 0 bridgehead atoms. The number of ether oxygens (including phenoxy) is 1. The van der Waals surface area contributed by atoms with Crippen molar-refractivity contribution >= 4 is 36.6 Å². The number of nitrogens with zero attached hydrogens (tertiary/aromatic N) is 4. The van der Waals surface area contributed by atoms with E-state index in [4.69, 9.17) is 14.4 Å². The monoisotopic (exact) mass is 474 g/mol. The summed E-state index contributed by atoms with van der Waals surface area (Å²) in [7, 11) is -4.23. The second-order valence-electron chi connectivity index (χ2n) is 6.88. The molecule has 0 spiro atoms. The summed E-state index contributed by atoms with van der Waals surface area (Å²) in [5.74, 6) is -1.14. The number of aliphatic carboxylic acids is 1. The van der Waals surface area contributed by atoms with E-state index in [9.17, 15) is 29.3 Å². The molecule has 1 aliphatic rings. The number of amides is 2. The van der Waals surface area contributed by atoms with E-state index in [1.54, 1.807) is 6.92 Å². The van der Waals surface area contributed by atoms with Gasteiger partial charge in [-0.25, -0.2) is 19.7 Å². The van der Waals surface area contributed by atoms with Gasteiger partial charge in [-0.05, 0) is 6.92 Å². The topological polar surface area (TPSA) is 218 Å². The normalized spacial score (nSPS) is 24.9. The highest BCUT2D eigenvalue weighted by Crippen LogP contribution is 2.43. The maximum absolute atomic E-state index is 11.9. The number of hydrogen-bond acceptors (Lipinski definition) is 10. The lowest BCUT2D eigenvalue weighted by molar-refractivity contribution is -0.136. The summed E-state index contributed by atoms with van der Waals surface area (Å²) < 4.78 is 23.7. The van der Waals surface area contributed by atoms with E-state index >= 15 is 0 Å². The molecule has 176 valence electrons. The third-order valence-electron chi connectivity index (χ3n) is 4.59.